The highest BCUT2D eigenvalue weighted by atomic mass is 16.2. The molecule has 94 valence electrons. The Morgan fingerprint density at radius 2 is 1.83 bits per heavy atom. The van der Waals surface area contributed by atoms with Crippen LogP contribution in [-0.2, 0) is 16.1 Å². The van der Waals surface area contributed by atoms with Crippen LogP contribution in [0, 0.1) is 0 Å². The first-order valence-corrected chi connectivity index (χ1v) is 5.55. The molecule has 0 bridgehead atoms. The molecule has 18 heavy (non-hydrogen) atoms. The van der Waals surface area contributed by atoms with E-state index in [1.807, 2.05) is 5.43 Å². The lowest BCUT2D eigenvalue weighted by molar-refractivity contribution is -0.139. The van der Waals surface area contributed by atoms with Crippen LogP contribution in [0.1, 0.15) is 28.8 Å². The highest BCUT2D eigenvalue weighted by molar-refractivity contribution is 6.02. The maximum Gasteiger partial charge on any atom is 0.265 e. The molecule has 1 heterocycles. The van der Waals surface area contributed by atoms with Gasteiger partial charge in [-0.25, -0.2) is 5.84 Å². The molecule has 1 aliphatic heterocycles. The second-order valence-corrected chi connectivity index (χ2v) is 4.00. The minimum absolute atomic E-state index is 0.112. The van der Waals surface area contributed by atoms with Crippen LogP contribution in [0.25, 0.3) is 0 Å². The van der Waals surface area contributed by atoms with Gasteiger partial charge in [-0.05, 0) is 11.6 Å². The van der Waals surface area contributed by atoms with E-state index in [1.165, 1.54) is 4.90 Å². The van der Waals surface area contributed by atoms with E-state index in [-0.39, 0.29) is 31.2 Å². The molecule has 3 amide bonds. The second-order valence-electron chi connectivity index (χ2n) is 4.00. The first kappa shape index (κ1) is 12.3. The lowest BCUT2D eigenvalue weighted by Gasteiger charge is -2.15. The zero-order chi connectivity index (χ0) is 13.1. The first-order chi connectivity index (χ1) is 8.63. The number of hydrogen-bond acceptors (Lipinski definition) is 4. The number of imide groups is 1. The van der Waals surface area contributed by atoms with Crippen molar-refractivity contribution in [3.8, 4) is 0 Å². The van der Waals surface area contributed by atoms with E-state index < -0.39 is 5.91 Å². The fourth-order valence-corrected chi connectivity index (χ4v) is 1.93. The van der Waals surface area contributed by atoms with Gasteiger partial charge in [-0.2, -0.15) is 0 Å². The van der Waals surface area contributed by atoms with Crippen LogP contribution >= 0.6 is 0 Å². The van der Waals surface area contributed by atoms with Crippen LogP contribution in [-0.4, -0.2) is 22.6 Å². The van der Waals surface area contributed by atoms with E-state index in [9.17, 15) is 14.4 Å². The molecule has 0 atom stereocenters. The Bertz CT molecular complexity index is 497. The summed E-state index contributed by atoms with van der Waals surface area (Å²) in [6.45, 7) is 0.112. The number of nitrogen functional groups attached to an aromatic ring is 1. The lowest BCUT2D eigenvalue weighted by atomic mass is 10.1. The van der Waals surface area contributed by atoms with Gasteiger partial charge < -0.3 is 0 Å². The minimum atomic E-state index is -0.440. The number of benzene rings is 1. The van der Waals surface area contributed by atoms with Crippen LogP contribution < -0.4 is 11.3 Å². The topological polar surface area (TPSA) is 92.5 Å². The number of nitrogens with one attached hydrogen (secondary N) is 1. The van der Waals surface area contributed by atoms with Crippen molar-refractivity contribution < 1.29 is 14.4 Å². The maximum absolute atomic E-state index is 11.5. The zero-order valence-electron chi connectivity index (χ0n) is 9.68. The molecule has 1 saturated heterocycles. The van der Waals surface area contributed by atoms with Gasteiger partial charge in [0, 0.05) is 18.4 Å². The largest absolute Gasteiger partial charge is 0.290 e. The third-order valence-corrected chi connectivity index (χ3v) is 2.88. The third-order valence-electron chi connectivity index (χ3n) is 2.88. The van der Waals surface area contributed by atoms with Gasteiger partial charge in [0.2, 0.25) is 11.8 Å². The standard InChI is InChI=1S/C12H13N3O3/c13-14-12(18)9-4-2-1-3-8(9)7-15-10(16)5-6-11(15)17/h1-4H,5-7,13H2,(H,14,18). The molecule has 0 aromatic heterocycles. The minimum Gasteiger partial charge on any atom is -0.290 e. The van der Waals surface area contributed by atoms with Crippen molar-refractivity contribution in [1.29, 1.82) is 0 Å². The molecule has 0 spiro atoms. The predicted molar refractivity (Wildman–Crippen MR) is 62.9 cm³/mol. The Labute approximate surface area is 104 Å². The average molecular weight is 247 g/mol. The third kappa shape index (κ3) is 2.23. The molecule has 1 aromatic rings. The summed E-state index contributed by atoms with van der Waals surface area (Å²) < 4.78 is 0. The Morgan fingerprint density at radius 3 is 2.44 bits per heavy atom. The van der Waals surface area contributed by atoms with Crippen LogP contribution in [0.3, 0.4) is 0 Å². The van der Waals surface area contributed by atoms with Gasteiger partial charge in [0.1, 0.15) is 0 Å². The van der Waals surface area contributed by atoms with Crippen molar-refractivity contribution in [3.63, 3.8) is 0 Å². The number of amides is 3. The van der Waals surface area contributed by atoms with Gasteiger partial charge in [-0.15, -0.1) is 0 Å². The first-order valence-electron chi connectivity index (χ1n) is 5.55. The van der Waals surface area contributed by atoms with E-state index in [1.54, 1.807) is 24.3 Å². The number of nitrogens with zero attached hydrogens (tertiary/aromatic N) is 1. The van der Waals surface area contributed by atoms with Gasteiger partial charge in [-0.3, -0.25) is 24.7 Å². The summed E-state index contributed by atoms with van der Waals surface area (Å²) in [5.41, 5.74) is 3.01. The number of carbonyl (C=O) groups is 3. The highest BCUT2D eigenvalue weighted by Gasteiger charge is 2.29. The molecule has 6 nitrogen and oxygen atoms in total. The number of rotatable bonds is 3. The summed E-state index contributed by atoms with van der Waals surface area (Å²) in [4.78, 5) is 35.8. The second kappa shape index (κ2) is 4.97. The molecular formula is C12H13N3O3. The quantitative estimate of drug-likeness (QED) is 0.339. The van der Waals surface area contributed by atoms with Crippen molar-refractivity contribution in [1.82, 2.24) is 10.3 Å². The SMILES string of the molecule is NNC(=O)c1ccccc1CN1C(=O)CCC1=O. The highest BCUT2D eigenvalue weighted by Crippen LogP contribution is 2.18. The Morgan fingerprint density at radius 1 is 1.22 bits per heavy atom. The summed E-state index contributed by atoms with van der Waals surface area (Å²) in [5, 5.41) is 0. The summed E-state index contributed by atoms with van der Waals surface area (Å²) in [6.07, 6.45) is 0.480. The summed E-state index contributed by atoms with van der Waals surface area (Å²) in [5.74, 6) is 4.24. The van der Waals surface area contributed by atoms with E-state index in [0.29, 0.717) is 11.1 Å². The fraction of sp³-hybridized carbons (Fsp3) is 0.250. The van der Waals surface area contributed by atoms with Crippen molar-refractivity contribution >= 4 is 17.7 Å². The molecule has 3 N–H and O–H groups in total. The summed E-state index contributed by atoms with van der Waals surface area (Å²) >= 11 is 0. The van der Waals surface area contributed by atoms with Gasteiger partial charge >= 0.3 is 0 Å². The normalized spacial score (nSPS) is 15.1. The Balaban J connectivity index is 2.26. The van der Waals surface area contributed by atoms with E-state index >= 15 is 0 Å². The summed E-state index contributed by atoms with van der Waals surface area (Å²) in [6, 6.07) is 6.74. The number of likely N-dealkylation sites (tertiary alicyclic amines) is 1. The van der Waals surface area contributed by atoms with E-state index in [4.69, 9.17) is 5.84 Å². The van der Waals surface area contributed by atoms with Gasteiger partial charge in [-0.1, -0.05) is 18.2 Å². The molecule has 1 aromatic carbocycles. The van der Waals surface area contributed by atoms with Crippen LogP contribution in [0.15, 0.2) is 24.3 Å². The zero-order valence-corrected chi connectivity index (χ0v) is 9.68. The predicted octanol–water partition coefficient (Wildman–Crippen LogP) is -0.0609. The molecular weight excluding hydrogens is 234 g/mol. The monoisotopic (exact) mass is 247 g/mol. The molecule has 0 radical (unpaired) electrons. The average Bonchev–Trinajstić information content (AvgIpc) is 2.70. The van der Waals surface area contributed by atoms with Crippen LogP contribution in [0.4, 0.5) is 0 Å². The lowest BCUT2D eigenvalue weighted by Crippen LogP contribution is -2.33. The smallest absolute Gasteiger partial charge is 0.265 e. The molecule has 0 saturated carbocycles. The summed E-state index contributed by atoms with van der Waals surface area (Å²) in [7, 11) is 0. The molecule has 0 aliphatic carbocycles. The Kier molecular flexibility index (Phi) is 3.38. The fourth-order valence-electron chi connectivity index (χ4n) is 1.93. The number of carbonyl (C=O) groups excluding carboxylic acids is 3. The Hall–Kier alpha value is -2.21. The molecule has 1 fully saturated rings. The van der Waals surface area contributed by atoms with Crippen molar-refractivity contribution in [2.24, 2.45) is 5.84 Å². The molecule has 1 aliphatic rings. The number of nitrogens with two attached hydrogens (primary N) is 1. The van der Waals surface area contributed by atoms with E-state index in [2.05, 4.69) is 0 Å². The van der Waals surface area contributed by atoms with Crippen LogP contribution in [0.2, 0.25) is 0 Å². The molecule has 0 unspecified atom stereocenters. The van der Waals surface area contributed by atoms with E-state index in [0.717, 1.165) is 0 Å². The van der Waals surface area contributed by atoms with Crippen molar-refractivity contribution in [3.05, 3.63) is 35.4 Å². The number of hydrazine groups is 1. The molecule has 6 heteroatoms. The molecule has 2 rings (SSSR count). The number of hydrogen-bond donors (Lipinski definition) is 2. The van der Waals surface area contributed by atoms with Crippen molar-refractivity contribution in [2.45, 2.75) is 19.4 Å². The van der Waals surface area contributed by atoms with Gasteiger partial charge in [0.05, 0.1) is 6.54 Å². The maximum atomic E-state index is 11.5. The van der Waals surface area contributed by atoms with Gasteiger partial charge in [0.25, 0.3) is 5.91 Å². The van der Waals surface area contributed by atoms with Crippen molar-refractivity contribution in [2.75, 3.05) is 0 Å². The van der Waals surface area contributed by atoms with Gasteiger partial charge in [0.15, 0.2) is 0 Å². The van der Waals surface area contributed by atoms with Crippen LogP contribution in [0.5, 0.6) is 0 Å².